The Bertz CT molecular complexity index is 546. The van der Waals surface area contributed by atoms with Gasteiger partial charge >= 0.3 is 0 Å². The number of rotatable bonds is 6. The lowest BCUT2D eigenvalue weighted by atomic mass is 10.1. The van der Waals surface area contributed by atoms with Gasteiger partial charge in [0, 0.05) is 18.1 Å². The van der Waals surface area contributed by atoms with Crippen LogP contribution in [-0.4, -0.2) is 17.4 Å². The van der Waals surface area contributed by atoms with Crippen LogP contribution < -0.4 is 5.32 Å². The van der Waals surface area contributed by atoms with E-state index in [9.17, 15) is 4.79 Å². The molecule has 1 N–H and O–H groups in total. The van der Waals surface area contributed by atoms with Crippen LogP contribution in [0.25, 0.3) is 10.9 Å². The van der Waals surface area contributed by atoms with Crippen LogP contribution in [0.5, 0.6) is 0 Å². The number of carbonyl (C=O) groups is 1. The molecule has 0 fully saturated rings. The molecule has 0 aliphatic rings. The van der Waals surface area contributed by atoms with Gasteiger partial charge in [-0.05, 0) is 18.6 Å². The Hall–Kier alpha value is -1.90. The maximum absolute atomic E-state index is 12.1. The van der Waals surface area contributed by atoms with Gasteiger partial charge in [-0.25, -0.2) is 0 Å². The van der Waals surface area contributed by atoms with Crippen molar-refractivity contribution < 1.29 is 4.79 Å². The molecule has 0 saturated heterocycles. The average molecular weight is 256 g/mol. The van der Waals surface area contributed by atoms with Crippen molar-refractivity contribution in [3.8, 4) is 0 Å². The molecular weight excluding hydrogens is 236 g/mol. The summed E-state index contributed by atoms with van der Waals surface area (Å²) in [6.45, 7) is 2.92. The third kappa shape index (κ3) is 3.53. The molecule has 0 saturated carbocycles. The Kier molecular flexibility index (Phi) is 4.90. The fraction of sp³-hybridized carbons (Fsp3) is 0.375. The molecule has 0 atom stereocenters. The number of para-hydroxylation sites is 1. The molecule has 1 amide bonds. The van der Waals surface area contributed by atoms with Crippen molar-refractivity contribution in [3.05, 3.63) is 42.1 Å². The molecule has 0 spiro atoms. The quantitative estimate of drug-likeness (QED) is 0.803. The molecule has 0 radical (unpaired) electrons. The second kappa shape index (κ2) is 6.88. The molecule has 1 aromatic carbocycles. The van der Waals surface area contributed by atoms with Gasteiger partial charge in [0.2, 0.25) is 0 Å². The van der Waals surface area contributed by atoms with Gasteiger partial charge in [-0.2, -0.15) is 0 Å². The fourth-order valence-corrected chi connectivity index (χ4v) is 2.14. The molecule has 0 unspecified atom stereocenters. The molecule has 0 bridgehead atoms. The molecule has 100 valence electrons. The minimum Gasteiger partial charge on any atom is -0.352 e. The summed E-state index contributed by atoms with van der Waals surface area (Å²) in [5, 5.41) is 3.97. The van der Waals surface area contributed by atoms with Gasteiger partial charge in [-0.1, -0.05) is 44.4 Å². The van der Waals surface area contributed by atoms with E-state index in [4.69, 9.17) is 0 Å². The number of benzene rings is 1. The molecule has 2 aromatic rings. The molecule has 19 heavy (non-hydrogen) atoms. The zero-order chi connectivity index (χ0) is 13.5. The minimum absolute atomic E-state index is 0.0270. The van der Waals surface area contributed by atoms with Crippen molar-refractivity contribution >= 4 is 16.8 Å². The predicted molar refractivity (Wildman–Crippen MR) is 78.2 cm³/mol. The maximum Gasteiger partial charge on any atom is 0.253 e. The molecule has 1 aromatic heterocycles. The number of aromatic nitrogens is 1. The van der Waals surface area contributed by atoms with Crippen LogP contribution in [-0.2, 0) is 0 Å². The number of hydrogen-bond donors (Lipinski definition) is 1. The fourth-order valence-electron chi connectivity index (χ4n) is 2.14. The number of nitrogens with zero attached hydrogens (tertiary/aromatic N) is 1. The van der Waals surface area contributed by atoms with E-state index in [0.717, 1.165) is 23.9 Å². The van der Waals surface area contributed by atoms with E-state index < -0.39 is 0 Å². The van der Waals surface area contributed by atoms with Crippen LogP contribution in [0.3, 0.4) is 0 Å². The lowest BCUT2D eigenvalue weighted by molar-refractivity contribution is 0.0954. The molecule has 3 heteroatoms. The summed E-state index contributed by atoms with van der Waals surface area (Å²) in [5.41, 5.74) is 1.43. The smallest absolute Gasteiger partial charge is 0.253 e. The molecule has 0 aliphatic heterocycles. The Morgan fingerprint density at radius 1 is 1.16 bits per heavy atom. The first-order valence-electron chi connectivity index (χ1n) is 6.95. The normalized spacial score (nSPS) is 10.6. The van der Waals surface area contributed by atoms with E-state index in [-0.39, 0.29) is 5.91 Å². The summed E-state index contributed by atoms with van der Waals surface area (Å²) in [4.78, 5) is 16.4. The van der Waals surface area contributed by atoms with Crippen molar-refractivity contribution in [2.24, 2.45) is 0 Å². The van der Waals surface area contributed by atoms with Crippen LogP contribution in [0.4, 0.5) is 0 Å². The van der Waals surface area contributed by atoms with Crippen molar-refractivity contribution in [2.75, 3.05) is 6.54 Å². The number of pyridine rings is 1. The summed E-state index contributed by atoms with van der Waals surface area (Å²) in [5.74, 6) is -0.0270. The number of carbonyl (C=O) groups excluding carboxylic acids is 1. The third-order valence-corrected chi connectivity index (χ3v) is 3.19. The highest BCUT2D eigenvalue weighted by Gasteiger charge is 2.09. The van der Waals surface area contributed by atoms with Crippen LogP contribution in [0.1, 0.15) is 43.0 Å². The van der Waals surface area contributed by atoms with Crippen molar-refractivity contribution in [1.82, 2.24) is 10.3 Å². The van der Waals surface area contributed by atoms with Crippen LogP contribution >= 0.6 is 0 Å². The lowest BCUT2D eigenvalue weighted by Crippen LogP contribution is -2.24. The van der Waals surface area contributed by atoms with Gasteiger partial charge in [0.1, 0.15) is 0 Å². The predicted octanol–water partition coefficient (Wildman–Crippen LogP) is 3.54. The van der Waals surface area contributed by atoms with Gasteiger partial charge < -0.3 is 5.32 Å². The first-order valence-corrected chi connectivity index (χ1v) is 6.95. The van der Waals surface area contributed by atoms with Crippen LogP contribution in [0.2, 0.25) is 0 Å². The summed E-state index contributed by atoms with van der Waals surface area (Å²) >= 11 is 0. The topological polar surface area (TPSA) is 42.0 Å². The highest BCUT2D eigenvalue weighted by molar-refractivity contribution is 6.05. The maximum atomic E-state index is 12.1. The molecule has 0 aliphatic carbocycles. The van der Waals surface area contributed by atoms with Crippen LogP contribution in [0, 0.1) is 0 Å². The van der Waals surface area contributed by atoms with E-state index in [1.54, 1.807) is 6.20 Å². The number of amides is 1. The van der Waals surface area contributed by atoms with E-state index in [1.807, 2.05) is 30.3 Å². The summed E-state index contributed by atoms with van der Waals surface area (Å²) in [7, 11) is 0. The first kappa shape index (κ1) is 13.5. The molecule has 1 heterocycles. The van der Waals surface area contributed by atoms with Gasteiger partial charge in [0.05, 0.1) is 11.1 Å². The molecule has 2 rings (SSSR count). The van der Waals surface area contributed by atoms with E-state index in [1.165, 1.54) is 19.3 Å². The monoisotopic (exact) mass is 256 g/mol. The number of hydrogen-bond acceptors (Lipinski definition) is 2. The van der Waals surface area contributed by atoms with E-state index >= 15 is 0 Å². The lowest BCUT2D eigenvalue weighted by Gasteiger charge is -2.07. The van der Waals surface area contributed by atoms with Gasteiger partial charge in [0.15, 0.2) is 0 Å². The summed E-state index contributed by atoms with van der Waals surface area (Å²) < 4.78 is 0. The minimum atomic E-state index is -0.0270. The molecular formula is C16H20N2O. The second-order valence-electron chi connectivity index (χ2n) is 4.70. The Morgan fingerprint density at radius 2 is 2.00 bits per heavy atom. The third-order valence-electron chi connectivity index (χ3n) is 3.19. The Balaban J connectivity index is 2.01. The zero-order valence-electron chi connectivity index (χ0n) is 11.4. The Morgan fingerprint density at radius 3 is 2.84 bits per heavy atom. The molecule has 3 nitrogen and oxygen atoms in total. The second-order valence-corrected chi connectivity index (χ2v) is 4.70. The Labute approximate surface area is 114 Å². The van der Waals surface area contributed by atoms with Gasteiger partial charge in [0.25, 0.3) is 5.91 Å². The van der Waals surface area contributed by atoms with Crippen molar-refractivity contribution in [1.29, 1.82) is 0 Å². The SMILES string of the molecule is CCCCCCNC(=O)c1cccc2cccnc12. The van der Waals surface area contributed by atoms with Gasteiger partial charge in [-0.15, -0.1) is 0 Å². The van der Waals surface area contributed by atoms with Crippen molar-refractivity contribution in [3.63, 3.8) is 0 Å². The summed E-state index contributed by atoms with van der Waals surface area (Å²) in [6.07, 6.45) is 6.37. The number of fused-ring (bicyclic) bond motifs is 1. The average Bonchev–Trinajstić information content (AvgIpc) is 2.46. The highest BCUT2D eigenvalue weighted by Crippen LogP contribution is 2.15. The largest absolute Gasteiger partial charge is 0.352 e. The summed E-state index contributed by atoms with van der Waals surface area (Å²) in [6, 6.07) is 9.56. The van der Waals surface area contributed by atoms with Crippen molar-refractivity contribution in [2.45, 2.75) is 32.6 Å². The van der Waals surface area contributed by atoms with Crippen LogP contribution in [0.15, 0.2) is 36.5 Å². The first-order chi connectivity index (χ1) is 9.33. The van der Waals surface area contributed by atoms with Gasteiger partial charge in [-0.3, -0.25) is 9.78 Å². The highest BCUT2D eigenvalue weighted by atomic mass is 16.1. The van der Waals surface area contributed by atoms with E-state index in [0.29, 0.717) is 5.56 Å². The zero-order valence-corrected chi connectivity index (χ0v) is 11.4. The van der Waals surface area contributed by atoms with E-state index in [2.05, 4.69) is 17.2 Å². The number of nitrogens with one attached hydrogen (secondary N) is 1. The standard InChI is InChI=1S/C16H20N2O/c1-2-3-4-5-11-18-16(19)14-10-6-8-13-9-7-12-17-15(13)14/h6-10,12H,2-5,11H2,1H3,(H,18,19). The number of unbranched alkanes of at least 4 members (excludes halogenated alkanes) is 3.